The summed E-state index contributed by atoms with van der Waals surface area (Å²) in [7, 11) is 0. The van der Waals surface area contributed by atoms with Gasteiger partial charge in [-0.25, -0.2) is 0 Å². The van der Waals surface area contributed by atoms with Gasteiger partial charge in [-0.2, -0.15) is 0 Å². The number of hydrogen-bond donors (Lipinski definition) is 2. The van der Waals surface area contributed by atoms with Crippen molar-refractivity contribution in [3.63, 3.8) is 0 Å². The molecule has 1 heterocycles. The molecule has 112 valence electrons. The molecular weight excluding hydrogens is 266 g/mol. The Labute approximate surface area is 124 Å². The number of primary amides is 1. The smallest absolute Gasteiger partial charge is 0.249 e. The zero-order chi connectivity index (χ0) is 15.2. The number of amides is 2. The maximum atomic E-state index is 12.6. The average molecular weight is 287 g/mol. The summed E-state index contributed by atoms with van der Waals surface area (Å²) in [5.41, 5.74) is 8.16. The van der Waals surface area contributed by atoms with Crippen molar-refractivity contribution >= 4 is 11.8 Å². The standard InChI is InChI=1S/C16H21N3O2/c1-12(14-9-18-10-14)16(21)19(8-7-15(17)20)11-13-5-3-2-4-6-13/h2-6,18H,7-11H2,1H3,(H2,17,20). The van der Waals surface area contributed by atoms with Crippen LogP contribution >= 0.6 is 0 Å². The highest BCUT2D eigenvalue weighted by atomic mass is 16.2. The van der Waals surface area contributed by atoms with E-state index in [1.165, 1.54) is 0 Å². The van der Waals surface area contributed by atoms with Crippen molar-refractivity contribution in [2.24, 2.45) is 5.73 Å². The molecule has 0 saturated carbocycles. The van der Waals surface area contributed by atoms with Crippen LogP contribution in [0.4, 0.5) is 0 Å². The van der Waals surface area contributed by atoms with Crippen molar-refractivity contribution in [2.45, 2.75) is 19.9 Å². The highest BCUT2D eigenvalue weighted by Crippen LogP contribution is 2.14. The number of benzene rings is 1. The molecule has 2 amide bonds. The monoisotopic (exact) mass is 287 g/mol. The Morgan fingerprint density at radius 3 is 2.43 bits per heavy atom. The third-order valence-electron chi connectivity index (χ3n) is 3.66. The molecule has 2 rings (SSSR count). The fourth-order valence-electron chi connectivity index (χ4n) is 2.20. The second-order valence-corrected chi connectivity index (χ2v) is 5.26. The Bertz CT molecular complexity index is 546. The Morgan fingerprint density at radius 1 is 1.24 bits per heavy atom. The molecule has 1 aromatic rings. The lowest BCUT2D eigenvalue weighted by molar-refractivity contribution is -0.128. The van der Waals surface area contributed by atoms with E-state index in [1.807, 2.05) is 37.3 Å². The lowest BCUT2D eigenvalue weighted by atomic mass is 10.0. The van der Waals surface area contributed by atoms with Crippen molar-refractivity contribution in [3.05, 3.63) is 47.0 Å². The summed E-state index contributed by atoms with van der Waals surface area (Å²) < 4.78 is 0. The summed E-state index contributed by atoms with van der Waals surface area (Å²) in [6, 6.07) is 9.75. The van der Waals surface area contributed by atoms with Gasteiger partial charge in [-0.1, -0.05) is 30.3 Å². The van der Waals surface area contributed by atoms with Crippen molar-refractivity contribution in [2.75, 3.05) is 19.6 Å². The summed E-state index contributed by atoms with van der Waals surface area (Å²) in [5.74, 6) is -0.409. The third kappa shape index (κ3) is 4.16. The van der Waals surface area contributed by atoms with E-state index in [-0.39, 0.29) is 12.3 Å². The van der Waals surface area contributed by atoms with Gasteiger partial charge < -0.3 is 16.0 Å². The molecular formula is C16H21N3O2. The molecule has 1 fully saturated rings. The van der Waals surface area contributed by atoms with Crippen LogP contribution in [-0.4, -0.2) is 36.3 Å². The summed E-state index contributed by atoms with van der Waals surface area (Å²) in [6.45, 7) is 4.23. The summed E-state index contributed by atoms with van der Waals surface area (Å²) >= 11 is 0. The Kier molecular flexibility index (Phi) is 5.11. The summed E-state index contributed by atoms with van der Waals surface area (Å²) in [6.07, 6.45) is 0.180. The maximum absolute atomic E-state index is 12.6. The SMILES string of the molecule is CC(C(=O)N(CCC(N)=O)Cc1ccccc1)=C1CNC1. The van der Waals surface area contributed by atoms with Crippen LogP contribution in [0.15, 0.2) is 41.5 Å². The van der Waals surface area contributed by atoms with Gasteiger partial charge in [0.1, 0.15) is 0 Å². The quantitative estimate of drug-likeness (QED) is 0.760. The van der Waals surface area contributed by atoms with Gasteiger partial charge in [-0.05, 0) is 18.1 Å². The molecule has 0 aromatic heterocycles. The van der Waals surface area contributed by atoms with Gasteiger partial charge in [0.05, 0.1) is 0 Å². The molecule has 0 bridgehead atoms. The van der Waals surface area contributed by atoms with Crippen LogP contribution in [0, 0.1) is 0 Å². The molecule has 0 atom stereocenters. The molecule has 1 saturated heterocycles. The van der Waals surface area contributed by atoms with E-state index < -0.39 is 5.91 Å². The van der Waals surface area contributed by atoms with Crippen LogP contribution < -0.4 is 11.1 Å². The van der Waals surface area contributed by atoms with E-state index in [2.05, 4.69) is 5.32 Å². The van der Waals surface area contributed by atoms with Gasteiger partial charge in [-0.3, -0.25) is 9.59 Å². The first-order valence-electron chi connectivity index (χ1n) is 7.08. The number of carbonyl (C=O) groups excluding carboxylic acids is 2. The highest BCUT2D eigenvalue weighted by Gasteiger charge is 2.21. The Morgan fingerprint density at radius 2 is 1.90 bits per heavy atom. The fourth-order valence-corrected chi connectivity index (χ4v) is 2.20. The molecule has 5 nitrogen and oxygen atoms in total. The number of nitrogens with two attached hydrogens (primary N) is 1. The molecule has 21 heavy (non-hydrogen) atoms. The first-order chi connectivity index (χ1) is 10.1. The number of nitrogens with one attached hydrogen (secondary N) is 1. The van der Waals surface area contributed by atoms with Crippen molar-refractivity contribution in [1.82, 2.24) is 10.2 Å². The van der Waals surface area contributed by atoms with Gasteiger partial charge in [0.25, 0.3) is 0 Å². The van der Waals surface area contributed by atoms with Crippen LogP contribution in [-0.2, 0) is 16.1 Å². The number of rotatable bonds is 6. The van der Waals surface area contributed by atoms with Crippen molar-refractivity contribution in [3.8, 4) is 0 Å². The zero-order valence-electron chi connectivity index (χ0n) is 12.3. The van der Waals surface area contributed by atoms with Gasteiger partial charge in [-0.15, -0.1) is 0 Å². The highest BCUT2D eigenvalue weighted by molar-refractivity contribution is 5.94. The minimum Gasteiger partial charge on any atom is -0.370 e. The Hall–Kier alpha value is -2.14. The van der Waals surface area contributed by atoms with Gasteiger partial charge in [0, 0.05) is 38.2 Å². The lowest BCUT2D eigenvalue weighted by Crippen LogP contribution is -2.39. The minimum atomic E-state index is -0.392. The maximum Gasteiger partial charge on any atom is 0.249 e. The predicted octanol–water partition coefficient (Wildman–Crippen LogP) is 0.810. The van der Waals surface area contributed by atoms with E-state index in [1.54, 1.807) is 4.90 Å². The first kappa shape index (κ1) is 15.3. The second kappa shape index (κ2) is 7.04. The molecule has 1 aromatic carbocycles. The number of nitrogens with zero attached hydrogens (tertiary/aromatic N) is 1. The largest absolute Gasteiger partial charge is 0.370 e. The number of hydrogen-bond acceptors (Lipinski definition) is 3. The molecule has 0 unspecified atom stereocenters. The first-order valence-corrected chi connectivity index (χ1v) is 7.08. The topological polar surface area (TPSA) is 75.4 Å². The van der Waals surface area contributed by atoms with Gasteiger partial charge in [0.2, 0.25) is 11.8 Å². The van der Waals surface area contributed by atoms with Crippen LogP contribution in [0.3, 0.4) is 0 Å². The van der Waals surface area contributed by atoms with Crippen molar-refractivity contribution < 1.29 is 9.59 Å². The van der Waals surface area contributed by atoms with E-state index in [9.17, 15) is 9.59 Å². The summed E-state index contributed by atoms with van der Waals surface area (Å²) in [5, 5.41) is 3.13. The van der Waals surface area contributed by atoms with Crippen molar-refractivity contribution in [1.29, 1.82) is 0 Å². The van der Waals surface area contributed by atoms with Crippen LogP contribution in [0.25, 0.3) is 0 Å². The fraction of sp³-hybridized carbons (Fsp3) is 0.375. The van der Waals surface area contributed by atoms with Crippen LogP contribution in [0.2, 0.25) is 0 Å². The molecule has 0 radical (unpaired) electrons. The minimum absolute atomic E-state index is 0.0170. The molecule has 3 N–H and O–H groups in total. The van der Waals surface area contributed by atoms with Gasteiger partial charge >= 0.3 is 0 Å². The van der Waals surface area contributed by atoms with E-state index in [0.717, 1.165) is 29.8 Å². The molecule has 0 spiro atoms. The molecule has 5 heteroatoms. The van der Waals surface area contributed by atoms with E-state index in [0.29, 0.717) is 13.1 Å². The average Bonchev–Trinajstić information content (AvgIpc) is 2.41. The second-order valence-electron chi connectivity index (χ2n) is 5.26. The summed E-state index contributed by atoms with van der Waals surface area (Å²) in [4.78, 5) is 25.3. The molecule has 1 aliphatic heterocycles. The van der Waals surface area contributed by atoms with Gasteiger partial charge in [0.15, 0.2) is 0 Å². The Balaban J connectivity index is 2.11. The normalized spacial score (nSPS) is 13.5. The molecule has 0 aliphatic carbocycles. The lowest BCUT2D eigenvalue weighted by Gasteiger charge is -2.27. The van der Waals surface area contributed by atoms with E-state index >= 15 is 0 Å². The third-order valence-corrected chi connectivity index (χ3v) is 3.66. The van der Waals surface area contributed by atoms with E-state index in [4.69, 9.17) is 5.73 Å². The number of carbonyl (C=O) groups is 2. The van der Waals surface area contributed by atoms with Crippen LogP contribution in [0.5, 0.6) is 0 Å². The zero-order valence-corrected chi connectivity index (χ0v) is 12.3. The predicted molar refractivity (Wildman–Crippen MR) is 81.2 cm³/mol. The molecule has 1 aliphatic rings. The van der Waals surface area contributed by atoms with Crippen LogP contribution in [0.1, 0.15) is 18.9 Å².